The molecule has 0 aliphatic rings. The van der Waals surface area contributed by atoms with Gasteiger partial charge in [-0.1, -0.05) is 62.7 Å². The average Bonchev–Trinajstić information content (AvgIpc) is 3.50. The SMILES string of the molecule is CCCCc1nc(C(F)(F)CCC)nn1Cc1ccc(Cc2cccc(-c3nnn[nH]3)c2)cc1. The van der Waals surface area contributed by atoms with E-state index < -0.39 is 5.92 Å². The highest BCUT2D eigenvalue weighted by Gasteiger charge is 2.36. The van der Waals surface area contributed by atoms with E-state index in [1.165, 1.54) is 0 Å². The number of aromatic amines is 1. The molecule has 0 aliphatic heterocycles. The summed E-state index contributed by atoms with van der Waals surface area (Å²) in [5.41, 5.74) is 4.22. The number of aromatic nitrogens is 7. The second kappa shape index (κ2) is 10.6. The molecule has 4 aromatic rings. The molecule has 34 heavy (non-hydrogen) atoms. The van der Waals surface area contributed by atoms with Crippen LogP contribution in [0.25, 0.3) is 11.4 Å². The third-order valence-corrected chi connectivity index (χ3v) is 5.70. The molecule has 0 aliphatic carbocycles. The van der Waals surface area contributed by atoms with E-state index in [9.17, 15) is 8.78 Å². The molecular formula is C25H29F2N7. The van der Waals surface area contributed by atoms with Crippen molar-refractivity contribution < 1.29 is 8.78 Å². The van der Waals surface area contributed by atoms with Crippen molar-refractivity contribution in [3.63, 3.8) is 0 Å². The van der Waals surface area contributed by atoms with Gasteiger partial charge in [0, 0.05) is 18.4 Å². The summed E-state index contributed by atoms with van der Waals surface area (Å²) in [5.74, 6) is -2.11. The molecule has 0 spiro atoms. The molecule has 9 heteroatoms. The summed E-state index contributed by atoms with van der Waals surface area (Å²) >= 11 is 0. The van der Waals surface area contributed by atoms with Crippen molar-refractivity contribution in [2.75, 3.05) is 0 Å². The van der Waals surface area contributed by atoms with Crippen molar-refractivity contribution >= 4 is 0 Å². The van der Waals surface area contributed by atoms with Crippen molar-refractivity contribution in [1.29, 1.82) is 0 Å². The molecule has 4 rings (SSSR count). The van der Waals surface area contributed by atoms with Crippen LogP contribution in [0.2, 0.25) is 0 Å². The predicted molar refractivity (Wildman–Crippen MR) is 125 cm³/mol. The number of halogens is 2. The summed E-state index contributed by atoms with van der Waals surface area (Å²) in [6, 6.07) is 16.2. The predicted octanol–water partition coefficient (Wildman–Crippen LogP) is 5.33. The number of nitrogens with zero attached hydrogens (tertiary/aromatic N) is 6. The summed E-state index contributed by atoms with van der Waals surface area (Å²) in [6.07, 6.45) is 3.39. The van der Waals surface area contributed by atoms with Gasteiger partial charge in [-0.05, 0) is 52.4 Å². The molecule has 0 radical (unpaired) electrons. The van der Waals surface area contributed by atoms with E-state index in [-0.39, 0.29) is 12.2 Å². The van der Waals surface area contributed by atoms with Crippen LogP contribution in [0.1, 0.15) is 67.9 Å². The van der Waals surface area contributed by atoms with E-state index in [1.54, 1.807) is 11.6 Å². The van der Waals surface area contributed by atoms with Gasteiger partial charge in [-0.25, -0.2) is 14.8 Å². The number of nitrogens with one attached hydrogen (secondary N) is 1. The molecule has 0 saturated heterocycles. The van der Waals surface area contributed by atoms with E-state index in [2.05, 4.69) is 61.9 Å². The Morgan fingerprint density at radius 3 is 2.47 bits per heavy atom. The molecule has 7 nitrogen and oxygen atoms in total. The average molecular weight is 466 g/mol. The van der Waals surface area contributed by atoms with Gasteiger partial charge in [-0.15, -0.1) is 10.2 Å². The van der Waals surface area contributed by atoms with Crippen LogP contribution in [-0.4, -0.2) is 35.4 Å². The summed E-state index contributed by atoms with van der Waals surface area (Å²) < 4.78 is 30.5. The molecule has 178 valence electrons. The molecular weight excluding hydrogens is 436 g/mol. The number of benzene rings is 2. The number of hydrogen-bond donors (Lipinski definition) is 1. The third kappa shape index (κ3) is 5.70. The van der Waals surface area contributed by atoms with Crippen LogP contribution in [0, 0.1) is 0 Å². The van der Waals surface area contributed by atoms with Crippen molar-refractivity contribution in [1.82, 2.24) is 35.4 Å². The second-order valence-corrected chi connectivity index (χ2v) is 8.51. The first-order chi connectivity index (χ1) is 16.5. The van der Waals surface area contributed by atoms with Gasteiger partial charge in [0.05, 0.1) is 6.54 Å². The van der Waals surface area contributed by atoms with Crippen LogP contribution >= 0.6 is 0 Å². The first-order valence-electron chi connectivity index (χ1n) is 11.7. The van der Waals surface area contributed by atoms with Gasteiger partial charge in [-0.2, -0.15) is 8.78 Å². The topological polar surface area (TPSA) is 85.2 Å². The number of rotatable bonds is 11. The quantitative estimate of drug-likeness (QED) is 0.324. The van der Waals surface area contributed by atoms with E-state index in [0.29, 0.717) is 31.0 Å². The third-order valence-electron chi connectivity index (χ3n) is 5.70. The molecule has 0 fully saturated rings. The first-order valence-corrected chi connectivity index (χ1v) is 11.7. The maximum Gasteiger partial charge on any atom is 0.308 e. The lowest BCUT2D eigenvalue weighted by Crippen LogP contribution is -2.15. The normalized spacial score (nSPS) is 11.8. The summed E-state index contributed by atoms with van der Waals surface area (Å²) in [6.45, 7) is 4.23. The van der Waals surface area contributed by atoms with Crippen LogP contribution in [0.5, 0.6) is 0 Å². The van der Waals surface area contributed by atoms with Crippen molar-refractivity contribution in [3.8, 4) is 11.4 Å². The van der Waals surface area contributed by atoms with Crippen molar-refractivity contribution in [2.45, 2.75) is 64.8 Å². The van der Waals surface area contributed by atoms with Crippen molar-refractivity contribution in [3.05, 3.63) is 76.9 Å². The van der Waals surface area contributed by atoms with E-state index in [1.807, 2.05) is 24.3 Å². The zero-order valence-corrected chi connectivity index (χ0v) is 19.5. The standard InChI is InChI=1S/C25H29F2N7/c1-3-5-9-22-28-24(25(26,27)14-4-2)31-34(22)17-19-12-10-18(11-13-19)15-20-7-6-8-21(16-20)23-29-32-33-30-23/h6-8,10-13,16H,3-5,9,14-15,17H2,1-2H3,(H,29,30,32,33). The van der Waals surface area contributed by atoms with E-state index >= 15 is 0 Å². The lowest BCUT2D eigenvalue weighted by Gasteiger charge is -2.10. The maximum absolute atomic E-state index is 14.4. The van der Waals surface area contributed by atoms with Crippen molar-refractivity contribution in [2.24, 2.45) is 0 Å². The second-order valence-electron chi connectivity index (χ2n) is 8.51. The van der Waals surface area contributed by atoms with E-state index in [4.69, 9.17) is 0 Å². The zero-order valence-electron chi connectivity index (χ0n) is 19.5. The molecule has 0 bridgehead atoms. The minimum atomic E-state index is -3.00. The Morgan fingerprint density at radius 2 is 1.76 bits per heavy atom. The van der Waals surface area contributed by atoms with Gasteiger partial charge >= 0.3 is 5.92 Å². The Balaban J connectivity index is 1.48. The minimum absolute atomic E-state index is 0.243. The van der Waals surface area contributed by atoms with Gasteiger partial charge in [0.1, 0.15) is 5.82 Å². The molecule has 2 aromatic carbocycles. The molecule has 2 aromatic heterocycles. The van der Waals surface area contributed by atoms with Gasteiger partial charge in [-0.3, -0.25) is 0 Å². The summed E-state index contributed by atoms with van der Waals surface area (Å²) in [7, 11) is 0. The molecule has 2 heterocycles. The first kappa shape index (κ1) is 23.7. The van der Waals surface area contributed by atoms with Gasteiger partial charge < -0.3 is 0 Å². The number of alkyl halides is 2. The fourth-order valence-corrected chi connectivity index (χ4v) is 3.88. The molecule has 0 saturated carbocycles. The summed E-state index contributed by atoms with van der Waals surface area (Å²) in [4.78, 5) is 4.22. The molecule has 0 atom stereocenters. The lowest BCUT2D eigenvalue weighted by atomic mass is 10.0. The highest BCUT2D eigenvalue weighted by molar-refractivity contribution is 5.55. The Kier molecular flexibility index (Phi) is 7.40. The Hall–Kier alpha value is -3.49. The molecule has 0 unspecified atom stereocenters. The van der Waals surface area contributed by atoms with Crippen LogP contribution < -0.4 is 0 Å². The van der Waals surface area contributed by atoms with Crippen LogP contribution in [0.15, 0.2) is 48.5 Å². The van der Waals surface area contributed by atoms with Gasteiger partial charge in [0.2, 0.25) is 5.82 Å². The Morgan fingerprint density at radius 1 is 0.971 bits per heavy atom. The Labute approximate surface area is 197 Å². The van der Waals surface area contributed by atoms with E-state index in [0.717, 1.165) is 41.5 Å². The van der Waals surface area contributed by atoms with Gasteiger partial charge in [0.15, 0.2) is 5.82 Å². The monoisotopic (exact) mass is 465 g/mol. The van der Waals surface area contributed by atoms with Crippen LogP contribution in [-0.2, 0) is 25.3 Å². The number of aryl methyl sites for hydroxylation is 1. The highest BCUT2D eigenvalue weighted by atomic mass is 19.3. The fraction of sp³-hybridized carbons (Fsp3) is 0.400. The maximum atomic E-state index is 14.4. The highest BCUT2D eigenvalue weighted by Crippen LogP contribution is 2.31. The lowest BCUT2D eigenvalue weighted by molar-refractivity contribution is -0.0232. The number of H-pyrrole nitrogens is 1. The number of hydrogen-bond acceptors (Lipinski definition) is 5. The van der Waals surface area contributed by atoms with Crippen LogP contribution in [0.3, 0.4) is 0 Å². The molecule has 1 N–H and O–H groups in total. The summed E-state index contributed by atoms with van der Waals surface area (Å²) in [5, 5.41) is 18.2. The Bertz CT molecular complexity index is 1180. The number of unbranched alkanes of at least 4 members (excludes halogenated alkanes) is 1. The largest absolute Gasteiger partial charge is 0.308 e. The number of tetrazole rings is 1. The van der Waals surface area contributed by atoms with Gasteiger partial charge in [0.25, 0.3) is 0 Å². The minimum Gasteiger partial charge on any atom is -0.245 e. The zero-order chi connectivity index (χ0) is 24.0. The van der Waals surface area contributed by atoms with Crippen LogP contribution in [0.4, 0.5) is 8.78 Å². The fourth-order valence-electron chi connectivity index (χ4n) is 3.88. The smallest absolute Gasteiger partial charge is 0.245 e. The molecule has 0 amide bonds.